The van der Waals surface area contributed by atoms with E-state index in [0.717, 1.165) is 16.7 Å². The number of hydrogen-bond donors (Lipinski definition) is 1. The van der Waals surface area contributed by atoms with Crippen molar-refractivity contribution in [3.8, 4) is 0 Å². The summed E-state index contributed by atoms with van der Waals surface area (Å²) in [5, 5.41) is 10.1. The number of Topliss-reactive ketones (excluding diaryl/α,β-unsaturated/α-hetero) is 1. The molecule has 1 atom stereocenters. The van der Waals surface area contributed by atoms with Gasteiger partial charge in [-0.25, -0.2) is 0 Å². The molecule has 0 bridgehead atoms. The molecule has 2 aromatic carbocycles. The quantitative estimate of drug-likeness (QED) is 0.922. The molecule has 2 aromatic rings. The summed E-state index contributed by atoms with van der Waals surface area (Å²) in [5.41, 5.74) is 5.09. The number of aliphatic hydroxyl groups is 1. The number of benzene rings is 2. The van der Waals surface area contributed by atoms with Gasteiger partial charge in [0.05, 0.1) is 0 Å². The Balaban J connectivity index is 2.20. The fraction of sp³-hybridized carbons (Fsp3) is 0.278. The van der Waals surface area contributed by atoms with Crippen molar-refractivity contribution in [2.45, 2.75) is 33.3 Å². The summed E-state index contributed by atoms with van der Waals surface area (Å²) < 4.78 is 0. The van der Waals surface area contributed by atoms with Crippen LogP contribution in [-0.2, 0) is 11.2 Å². The molecule has 2 nitrogen and oxygen atoms in total. The second kappa shape index (κ2) is 6.02. The average molecular weight is 268 g/mol. The Hall–Kier alpha value is -1.93. The van der Waals surface area contributed by atoms with Crippen molar-refractivity contribution in [3.63, 3.8) is 0 Å². The number of carbonyl (C=O) groups excluding carboxylic acids is 1. The van der Waals surface area contributed by atoms with E-state index in [1.165, 1.54) is 5.56 Å². The first-order valence-electron chi connectivity index (χ1n) is 6.81. The van der Waals surface area contributed by atoms with Crippen molar-refractivity contribution in [2.24, 2.45) is 0 Å². The number of rotatable bonds is 4. The van der Waals surface area contributed by atoms with Gasteiger partial charge in [0.25, 0.3) is 0 Å². The molecular weight excluding hydrogens is 248 g/mol. The second-order valence-electron chi connectivity index (χ2n) is 5.33. The Labute approximate surface area is 120 Å². The van der Waals surface area contributed by atoms with Gasteiger partial charge < -0.3 is 5.11 Å². The molecule has 0 aromatic heterocycles. The van der Waals surface area contributed by atoms with Gasteiger partial charge in [-0.1, -0.05) is 48.0 Å². The molecule has 0 saturated heterocycles. The normalized spacial score (nSPS) is 12.2. The first-order chi connectivity index (χ1) is 9.49. The van der Waals surface area contributed by atoms with E-state index in [1.807, 2.05) is 39.0 Å². The summed E-state index contributed by atoms with van der Waals surface area (Å²) in [6.45, 7) is 6.07. The summed E-state index contributed by atoms with van der Waals surface area (Å²) in [7, 11) is 0. The van der Waals surface area contributed by atoms with Crippen LogP contribution in [0.5, 0.6) is 0 Å². The van der Waals surface area contributed by atoms with Gasteiger partial charge in [-0.05, 0) is 43.0 Å². The zero-order valence-electron chi connectivity index (χ0n) is 12.2. The molecule has 2 heteroatoms. The van der Waals surface area contributed by atoms with Crippen molar-refractivity contribution in [3.05, 3.63) is 70.3 Å². The number of aryl methyl sites for hydroxylation is 3. The summed E-state index contributed by atoms with van der Waals surface area (Å²) in [6.07, 6.45) is -0.773. The Bertz CT molecular complexity index is 592. The predicted octanol–water partition coefficient (Wildman–Crippen LogP) is 3.46. The molecule has 0 heterocycles. The van der Waals surface area contributed by atoms with E-state index in [1.54, 1.807) is 12.1 Å². The van der Waals surface area contributed by atoms with Crippen LogP contribution < -0.4 is 0 Å². The van der Waals surface area contributed by atoms with E-state index in [2.05, 4.69) is 12.1 Å². The van der Waals surface area contributed by atoms with Crippen molar-refractivity contribution < 1.29 is 9.90 Å². The predicted molar refractivity (Wildman–Crippen MR) is 80.8 cm³/mol. The second-order valence-corrected chi connectivity index (χ2v) is 5.33. The summed E-state index contributed by atoms with van der Waals surface area (Å²) in [5.74, 6) is -0.161. The minimum atomic E-state index is -1.05. The van der Waals surface area contributed by atoms with Crippen LogP contribution in [0.1, 0.15) is 33.9 Å². The van der Waals surface area contributed by atoms with Crippen molar-refractivity contribution in [1.29, 1.82) is 0 Å². The highest BCUT2D eigenvalue weighted by molar-refractivity contribution is 5.86. The summed E-state index contributed by atoms with van der Waals surface area (Å²) in [6, 6.07) is 13.2. The van der Waals surface area contributed by atoms with Crippen molar-refractivity contribution in [2.75, 3.05) is 0 Å². The molecule has 0 spiro atoms. The standard InChI is InChI=1S/C18H20O2/c1-12-9-13(2)16(14(3)10-12)11-17(19)18(20)15-7-5-4-6-8-15/h4-10,18,20H,11H2,1-3H3. The van der Waals surface area contributed by atoms with Crippen molar-refractivity contribution in [1.82, 2.24) is 0 Å². The largest absolute Gasteiger partial charge is 0.381 e. The fourth-order valence-corrected chi connectivity index (χ4v) is 2.58. The first-order valence-corrected chi connectivity index (χ1v) is 6.81. The summed E-state index contributed by atoms with van der Waals surface area (Å²) >= 11 is 0. The van der Waals surface area contributed by atoms with Gasteiger partial charge in [0.15, 0.2) is 5.78 Å². The smallest absolute Gasteiger partial charge is 0.170 e. The van der Waals surface area contributed by atoms with Crippen molar-refractivity contribution >= 4 is 5.78 Å². The third-order valence-electron chi connectivity index (χ3n) is 3.61. The van der Waals surface area contributed by atoms with Crippen LogP contribution in [0.3, 0.4) is 0 Å². The molecule has 2 rings (SSSR count). The average Bonchev–Trinajstić information content (AvgIpc) is 2.42. The Kier molecular flexibility index (Phi) is 4.35. The fourth-order valence-electron chi connectivity index (χ4n) is 2.58. The van der Waals surface area contributed by atoms with E-state index in [4.69, 9.17) is 0 Å². The number of aliphatic hydroxyl groups excluding tert-OH is 1. The van der Waals surface area contributed by atoms with Gasteiger partial charge in [0.2, 0.25) is 0 Å². The molecule has 0 amide bonds. The molecular formula is C18H20O2. The van der Waals surface area contributed by atoms with Gasteiger partial charge in [0, 0.05) is 6.42 Å². The lowest BCUT2D eigenvalue weighted by atomic mass is 9.93. The van der Waals surface area contributed by atoms with Gasteiger partial charge in [-0.3, -0.25) is 4.79 Å². The molecule has 0 fully saturated rings. The van der Waals surface area contributed by atoms with E-state index < -0.39 is 6.10 Å². The van der Waals surface area contributed by atoms with Crippen LogP contribution in [0.15, 0.2) is 42.5 Å². The molecule has 20 heavy (non-hydrogen) atoms. The molecule has 104 valence electrons. The van der Waals surface area contributed by atoms with Crippen LogP contribution in [0, 0.1) is 20.8 Å². The monoisotopic (exact) mass is 268 g/mol. The van der Waals surface area contributed by atoms with Gasteiger partial charge in [0.1, 0.15) is 6.10 Å². The number of carbonyl (C=O) groups is 1. The maximum Gasteiger partial charge on any atom is 0.170 e. The van der Waals surface area contributed by atoms with Crippen LogP contribution in [-0.4, -0.2) is 10.9 Å². The van der Waals surface area contributed by atoms with Crippen LogP contribution in [0.25, 0.3) is 0 Å². The maximum atomic E-state index is 12.3. The highest BCUT2D eigenvalue weighted by Crippen LogP contribution is 2.21. The van der Waals surface area contributed by atoms with Gasteiger partial charge in [-0.15, -0.1) is 0 Å². The van der Waals surface area contributed by atoms with E-state index >= 15 is 0 Å². The molecule has 0 aliphatic carbocycles. The minimum absolute atomic E-state index is 0.161. The lowest BCUT2D eigenvalue weighted by molar-refractivity contribution is -0.126. The molecule has 0 aliphatic rings. The molecule has 0 radical (unpaired) electrons. The lowest BCUT2D eigenvalue weighted by Gasteiger charge is -2.14. The van der Waals surface area contributed by atoms with Crippen LogP contribution in [0.2, 0.25) is 0 Å². The third-order valence-corrected chi connectivity index (χ3v) is 3.61. The lowest BCUT2D eigenvalue weighted by Crippen LogP contribution is -2.15. The SMILES string of the molecule is Cc1cc(C)c(CC(=O)C(O)c2ccccc2)c(C)c1. The zero-order valence-corrected chi connectivity index (χ0v) is 12.2. The van der Waals surface area contributed by atoms with Gasteiger partial charge in [-0.2, -0.15) is 0 Å². The molecule has 0 aliphatic heterocycles. The Morgan fingerprint density at radius 3 is 2.15 bits per heavy atom. The minimum Gasteiger partial charge on any atom is -0.381 e. The Morgan fingerprint density at radius 2 is 1.60 bits per heavy atom. The van der Waals surface area contributed by atoms with Crippen LogP contribution >= 0.6 is 0 Å². The first kappa shape index (κ1) is 14.5. The van der Waals surface area contributed by atoms with Crippen LogP contribution in [0.4, 0.5) is 0 Å². The topological polar surface area (TPSA) is 37.3 Å². The Morgan fingerprint density at radius 1 is 1.05 bits per heavy atom. The summed E-state index contributed by atoms with van der Waals surface area (Å²) in [4.78, 5) is 12.3. The third kappa shape index (κ3) is 3.14. The molecule has 0 saturated carbocycles. The molecule has 1 N–H and O–H groups in total. The van der Waals surface area contributed by atoms with E-state index in [9.17, 15) is 9.90 Å². The number of ketones is 1. The highest BCUT2D eigenvalue weighted by Gasteiger charge is 2.19. The highest BCUT2D eigenvalue weighted by atomic mass is 16.3. The van der Waals surface area contributed by atoms with E-state index in [-0.39, 0.29) is 12.2 Å². The molecule has 1 unspecified atom stereocenters. The van der Waals surface area contributed by atoms with E-state index in [0.29, 0.717) is 5.56 Å². The zero-order chi connectivity index (χ0) is 14.7. The number of hydrogen-bond acceptors (Lipinski definition) is 2. The maximum absolute atomic E-state index is 12.3. The van der Waals surface area contributed by atoms with Gasteiger partial charge >= 0.3 is 0 Å².